The predicted molar refractivity (Wildman–Crippen MR) is 79.6 cm³/mol. The van der Waals surface area contributed by atoms with E-state index in [1.165, 1.54) is 4.90 Å². The number of rotatable bonds is 7. The Morgan fingerprint density at radius 3 is 2.81 bits per heavy atom. The number of likely N-dealkylation sites (tertiary alicyclic amines) is 1. The lowest BCUT2D eigenvalue weighted by molar-refractivity contribution is -0.141. The van der Waals surface area contributed by atoms with E-state index in [0.29, 0.717) is 0 Å². The molecule has 1 aromatic rings. The fraction of sp³-hybridized carbons (Fsp3) is 0.625. The Kier molecular flexibility index (Phi) is 5.17. The van der Waals surface area contributed by atoms with E-state index in [9.17, 15) is 9.59 Å². The van der Waals surface area contributed by atoms with Crippen LogP contribution in [0.1, 0.15) is 45.8 Å². The summed E-state index contributed by atoms with van der Waals surface area (Å²) in [7, 11) is 0. The minimum atomic E-state index is -0.377. The van der Waals surface area contributed by atoms with Gasteiger partial charge in [0.05, 0.1) is 18.7 Å². The SMILES string of the molecule is CCC(C)N1C(=O)CC(NC(C)CCc2ccco2)C1=O. The van der Waals surface area contributed by atoms with Crippen molar-refractivity contribution in [3.8, 4) is 0 Å². The van der Waals surface area contributed by atoms with Crippen molar-refractivity contribution in [1.29, 1.82) is 0 Å². The van der Waals surface area contributed by atoms with Gasteiger partial charge in [-0.05, 0) is 38.8 Å². The molecule has 0 spiro atoms. The Labute approximate surface area is 125 Å². The van der Waals surface area contributed by atoms with Crippen LogP contribution in [0.2, 0.25) is 0 Å². The van der Waals surface area contributed by atoms with E-state index in [2.05, 4.69) is 5.32 Å². The summed E-state index contributed by atoms with van der Waals surface area (Å²) in [6.07, 6.45) is 4.42. The van der Waals surface area contributed by atoms with E-state index >= 15 is 0 Å². The number of hydrogen-bond donors (Lipinski definition) is 1. The van der Waals surface area contributed by atoms with Crippen molar-refractivity contribution in [3.63, 3.8) is 0 Å². The van der Waals surface area contributed by atoms with Crippen molar-refractivity contribution in [2.24, 2.45) is 0 Å². The zero-order chi connectivity index (χ0) is 15.4. The standard InChI is InChI=1S/C16H24N2O3/c1-4-12(3)18-15(19)10-14(16(18)20)17-11(2)7-8-13-6-5-9-21-13/h5-6,9,11-12,14,17H,4,7-8,10H2,1-3H3. The van der Waals surface area contributed by atoms with E-state index in [1.54, 1.807) is 6.26 Å². The van der Waals surface area contributed by atoms with Crippen LogP contribution in [0.3, 0.4) is 0 Å². The Bertz CT molecular complexity index is 484. The lowest BCUT2D eigenvalue weighted by Crippen LogP contribution is -2.45. The number of aryl methyl sites for hydroxylation is 1. The highest BCUT2D eigenvalue weighted by atomic mass is 16.3. The lowest BCUT2D eigenvalue weighted by Gasteiger charge is -2.22. The Hall–Kier alpha value is -1.62. The van der Waals surface area contributed by atoms with Crippen LogP contribution >= 0.6 is 0 Å². The van der Waals surface area contributed by atoms with Gasteiger partial charge in [-0.2, -0.15) is 0 Å². The van der Waals surface area contributed by atoms with Gasteiger partial charge in [-0.3, -0.25) is 14.5 Å². The molecule has 0 aliphatic carbocycles. The van der Waals surface area contributed by atoms with Gasteiger partial charge >= 0.3 is 0 Å². The molecule has 116 valence electrons. The number of nitrogens with zero attached hydrogens (tertiary/aromatic N) is 1. The summed E-state index contributed by atoms with van der Waals surface area (Å²) in [6.45, 7) is 5.93. The van der Waals surface area contributed by atoms with Crippen molar-refractivity contribution in [2.75, 3.05) is 0 Å². The molecule has 2 heterocycles. The molecule has 1 fully saturated rings. The van der Waals surface area contributed by atoms with E-state index in [-0.39, 0.29) is 36.4 Å². The molecule has 1 aromatic heterocycles. The molecule has 0 saturated carbocycles. The van der Waals surface area contributed by atoms with Gasteiger partial charge in [-0.25, -0.2) is 0 Å². The Morgan fingerprint density at radius 1 is 1.43 bits per heavy atom. The molecule has 1 saturated heterocycles. The van der Waals surface area contributed by atoms with Gasteiger partial charge in [0.1, 0.15) is 5.76 Å². The Balaban J connectivity index is 1.85. The third kappa shape index (κ3) is 3.73. The molecule has 2 rings (SSSR count). The van der Waals surface area contributed by atoms with Crippen LogP contribution in [-0.2, 0) is 16.0 Å². The van der Waals surface area contributed by atoms with Crippen molar-refractivity contribution >= 4 is 11.8 Å². The fourth-order valence-corrected chi connectivity index (χ4v) is 2.67. The maximum Gasteiger partial charge on any atom is 0.247 e. The zero-order valence-corrected chi connectivity index (χ0v) is 13.0. The molecule has 1 aliphatic heterocycles. The molecule has 3 atom stereocenters. The second-order valence-electron chi connectivity index (χ2n) is 5.80. The van der Waals surface area contributed by atoms with Crippen molar-refractivity contribution in [1.82, 2.24) is 10.2 Å². The highest BCUT2D eigenvalue weighted by molar-refractivity contribution is 6.05. The van der Waals surface area contributed by atoms with Crippen molar-refractivity contribution < 1.29 is 14.0 Å². The number of hydrogen-bond acceptors (Lipinski definition) is 4. The summed E-state index contributed by atoms with van der Waals surface area (Å²) >= 11 is 0. The first-order valence-corrected chi connectivity index (χ1v) is 7.67. The molecule has 3 unspecified atom stereocenters. The van der Waals surface area contributed by atoms with E-state index in [1.807, 2.05) is 32.9 Å². The normalized spacial score (nSPS) is 21.9. The van der Waals surface area contributed by atoms with Gasteiger partial charge in [0, 0.05) is 18.5 Å². The number of imide groups is 1. The molecule has 1 N–H and O–H groups in total. The van der Waals surface area contributed by atoms with E-state index in [0.717, 1.165) is 25.0 Å². The molecule has 0 radical (unpaired) electrons. The maximum absolute atomic E-state index is 12.3. The first kappa shape index (κ1) is 15.8. The zero-order valence-electron chi connectivity index (χ0n) is 13.0. The molecule has 2 amide bonds. The van der Waals surface area contributed by atoms with Gasteiger partial charge in [0.2, 0.25) is 11.8 Å². The molecule has 0 aromatic carbocycles. The van der Waals surface area contributed by atoms with Gasteiger partial charge < -0.3 is 9.73 Å². The number of carbonyl (C=O) groups is 2. The molecule has 21 heavy (non-hydrogen) atoms. The van der Waals surface area contributed by atoms with E-state index < -0.39 is 0 Å². The Morgan fingerprint density at radius 2 is 2.19 bits per heavy atom. The van der Waals surface area contributed by atoms with Crippen molar-refractivity contribution in [2.45, 2.75) is 64.6 Å². The van der Waals surface area contributed by atoms with Crippen LogP contribution in [0.15, 0.2) is 22.8 Å². The second kappa shape index (κ2) is 6.89. The summed E-state index contributed by atoms with van der Waals surface area (Å²) in [5, 5.41) is 3.28. The third-order valence-electron chi connectivity index (χ3n) is 4.10. The summed E-state index contributed by atoms with van der Waals surface area (Å²) in [4.78, 5) is 25.7. The largest absolute Gasteiger partial charge is 0.469 e. The average Bonchev–Trinajstić information content (AvgIpc) is 3.05. The number of furan rings is 1. The van der Waals surface area contributed by atoms with Crippen LogP contribution in [0, 0.1) is 0 Å². The monoisotopic (exact) mass is 292 g/mol. The number of amides is 2. The quantitative estimate of drug-likeness (QED) is 0.782. The molecular formula is C16H24N2O3. The number of carbonyl (C=O) groups excluding carboxylic acids is 2. The van der Waals surface area contributed by atoms with Crippen LogP contribution in [0.5, 0.6) is 0 Å². The highest BCUT2D eigenvalue weighted by Crippen LogP contribution is 2.19. The maximum atomic E-state index is 12.3. The first-order chi connectivity index (χ1) is 10.0. The van der Waals surface area contributed by atoms with Crippen LogP contribution < -0.4 is 5.32 Å². The van der Waals surface area contributed by atoms with Gasteiger partial charge in [-0.15, -0.1) is 0 Å². The predicted octanol–water partition coefficient (Wildman–Crippen LogP) is 2.12. The van der Waals surface area contributed by atoms with Crippen LogP contribution in [-0.4, -0.2) is 34.8 Å². The summed E-state index contributed by atoms with van der Waals surface area (Å²) < 4.78 is 5.30. The van der Waals surface area contributed by atoms with E-state index in [4.69, 9.17) is 4.42 Å². The molecule has 1 aliphatic rings. The minimum absolute atomic E-state index is 0.0183. The van der Waals surface area contributed by atoms with Crippen LogP contribution in [0.4, 0.5) is 0 Å². The fourth-order valence-electron chi connectivity index (χ4n) is 2.67. The lowest BCUT2D eigenvalue weighted by atomic mass is 10.1. The second-order valence-corrected chi connectivity index (χ2v) is 5.80. The smallest absolute Gasteiger partial charge is 0.247 e. The van der Waals surface area contributed by atoms with Crippen molar-refractivity contribution in [3.05, 3.63) is 24.2 Å². The first-order valence-electron chi connectivity index (χ1n) is 7.67. The minimum Gasteiger partial charge on any atom is -0.469 e. The van der Waals surface area contributed by atoms with Crippen LogP contribution in [0.25, 0.3) is 0 Å². The third-order valence-corrected chi connectivity index (χ3v) is 4.10. The summed E-state index contributed by atoms with van der Waals surface area (Å²) in [5.74, 6) is 0.794. The van der Waals surface area contributed by atoms with Gasteiger partial charge in [-0.1, -0.05) is 6.92 Å². The highest BCUT2D eigenvalue weighted by Gasteiger charge is 2.40. The number of nitrogens with one attached hydrogen (secondary N) is 1. The molecule has 0 bridgehead atoms. The van der Waals surface area contributed by atoms with Gasteiger partial charge in [0.25, 0.3) is 0 Å². The molecule has 5 heteroatoms. The molecular weight excluding hydrogens is 268 g/mol. The summed E-state index contributed by atoms with van der Waals surface area (Å²) in [6, 6.07) is 3.58. The summed E-state index contributed by atoms with van der Waals surface area (Å²) in [5.41, 5.74) is 0. The topological polar surface area (TPSA) is 62.6 Å². The average molecular weight is 292 g/mol. The molecule has 5 nitrogen and oxygen atoms in total. The van der Waals surface area contributed by atoms with Gasteiger partial charge in [0.15, 0.2) is 0 Å².